The van der Waals surface area contributed by atoms with Gasteiger partial charge in [-0.15, -0.1) is 0 Å². The van der Waals surface area contributed by atoms with Crippen molar-refractivity contribution in [3.8, 4) is 0 Å². The Morgan fingerprint density at radius 2 is 1.80 bits per heavy atom. The maximum absolute atomic E-state index is 11.8. The lowest BCUT2D eigenvalue weighted by molar-refractivity contribution is -0.151. The molecule has 88 valence electrons. The summed E-state index contributed by atoms with van der Waals surface area (Å²) in [6.45, 7) is 3.87. The molecule has 0 aromatic carbocycles. The summed E-state index contributed by atoms with van der Waals surface area (Å²) in [5, 5.41) is 10.7. The minimum absolute atomic E-state index is 0.808. The summed E-state index contributed by atoms with van der Waals surface area (Å²) in [5.74, 6) is -3.51. The van der Waals surface area contributed by atoms with Crippen LogP contribution in [0, 0.1) is 11.3 Å². The van der Waals surface area contributed by atoms with Crippen LogP contribution < -0.4 is 5.32 Å². The lowest BCUT2D eigenvalue weighted by Crippen LogP contribution is -2.44. The van der Waals surface area contributed by atoms with Gasteiger partial charge in [0, 0.05) is 0 Å². The first-order chi connectivity index (χ1) is 6.66. The van der Waals surface area contributed by atoms with Gasteiger partial charge in [-0.25, -0.2) is 8.78 Å². The summed E-state index contributed by atoms with van der Waals surface area (Å²) in [6, 6.07) is 0. The van der Waals surface area contributed by atoms with Crippen molar-refractivity contribution >= 4 is 11.9 Å². The average Bonchev–Trinajstić information content (AvgIpc) is 1.96. The molecular weight excluding hydrogens is 208 g/mol. The standard InChI is InChI=1S/C9H15F2NO3/c1-9(2,3)6(8(14)15)7(13)12-4-5(10)11/h5-6H,4H2,1-3H3,(H,12,13)(H,14,15). The lowest BCUT2D eigenvalue weighted by Gasteiger charge is -2.25. The highest BCUT2D eigenvalue weighted by atomic mass is 19.3. The Labute approximate surface area is 86.7 Å². The summed E-state index contributed by atoms with van der Waals surface area (Å²) in [6.07, 6.45) is -2.68. The third-order valence-electron chi connectivity index (χ3n) is 1.81. The zero-order valence-electron chi connectivity index (χ0n) is 8.88. The quantitative estimate of drug-likeness (QED) is 0.702. The molecule has 0 aliphatic rings. The van der Waals surface area contributed by atoms with Gasteiger partial charge in [0.15, 0.2) is 0 Å². The fraction of sp³-hybridized carbons (Fsp3) is 0.778. The van der Waals surface area contributed by atoms with Gasteiger partial charge >= 0.3 is 5.97 Å². The number of carboxylic acids is 1. The monoisotopic (exact) mass is 223 g/mol. The molecule has 4 nitrogen and oxygen atoms in total. The van der Waals surface area contributed by atoms with E-state index in [2.05, 4.69) is 0 Å². The van der Waals surface area contributed by atoms with E-state index in [0.29, 0.717) is 0 Å². The molecule has 1 amide bonds. The lowest BCUT2D eigenvalue weighted by atomic mass is 9.80. The molecule has 0 aromatic heterocycles. The third kappa shape index (κ3) is 4.71. The van der Waals surface area contributed by atoms with Crippen LogP contribution in [-0.2, 0) is 9.59 Å². The molecule has 0 rings (SSSR count). The van der Waals surface area contributed by atoms with E-state index >= 15 is 0 Å². The van der Waals surface area contributed by atoms with Gasteiger partial charge in [0.25, 0.3) is 6.43 Å². The van der Waals surface area contributed by atoms with Crippen LogP contribution in [0.25, 0.3) is 0 Å². The predicted molar refractivity (Wildman–Crippen MR) is 49.6 cm³/mol. The van der Waals surface area contributed by atoms with Crippen molar-refractivity contribution in [2.45, 2.75) is 27.2 Å². The number of hydrogen-bond donors (Lipinski definition) is 2. The number of carbonyl (C=O) groups is 2. The molecule has 2 N–H and O–H groups in total. The molecule has 0 spiro atoms. The van der Waals surface area contributed by atoms with Crippen LogP contribution in [-0.4, -0.2) is 30.0 Å². The summed E-state index contributed by atoms with van der Waals surface area (Å²) < 4.78 is 23.6. The molecule has 0 saturated heterocycles. The second-order valence-electron chi connectivity index (χ2n) is 4.27. The Kier molecular flexibility index (Phi) is 4.64. The van der Waals surface area contributed by atoms with Crippen molar-refractivity contribution in [3.63, 3.8) is 0 Å². The number of amides is 1. The van der Waals surface area contributed by atoms with E-state index in [4.69, 9.17) is 5.11 Å². The van der Waals surface area contributed by atoms with Gasteiger partial charge in [-0.1, -0.05) is 20.8 Å². The summed E-state index contributed by atoms with van der Waals surface area (Å²) >= 11 is 0. The molecule has 0 fully saturated rings. The fourth-order valence-electron chi connectivity index (χ4n) is 1.16. The first-order valence-corrected chi connectivity index (χ1v) is 4.45. The Morgan fingerprint density at radius 1 is 1.33 bits per heavy atom. The number of rotatable bonds is 4. The number of halogens is 2. The van der Waals surface area contributed by atoms with Crippen LogP contribution in [0.15, 0.2) is 0 Å². The van der Waals surface area contributed by atoms with Crippen molar-refractivity contribution in [1.82, 2.24) is 5.32 Å². The van der Waals surface area contributed by atoms with Crippen molar-refractivity contribution in [2.24, 2.45) is 11.3 Å². The minimum Gasteiger partial charge on any atom is -0.481 e. The Bertz CT molecular complexity index is 248. The van der Waals surface area contributed by atoms with E-state index in [0.717, 1.165) is 0 Å². The number of hydrogen-bond acceptors (Lipinski definition) is 2. The van der Waals surface area contributed by atoms with Crippen LogP contribution >= 0.6 is 0 Å². The largest absolute Gasteiger partial charge is 0.481 e. The van der Waals surface area contributed by atoms with E-state index in [9.17, 15) is 18.4 Å². The Morgan fingerprint density at radius 3 is 2.07 bits per heavy atom. The average molecular weight is 223 g/mol. The Balaban J connectivity index is 4.52. The summed E-state index contributed by atoms with van der Waals surface area (Å²) in [5.41, 5.74) is -0.808. The van der Waals surface area contributed by atoms with Crippen LogP contribution in [0.4, 0.5) is 8.78 Å². The minimum atomic E-state index is -2.68. The first-order valence-electron chi connectivity index (χ1n) is 4.45. The highest BCUT2D eigenvalue weighted by molar-refractivity contribution is 5.97. The zero-order valence-corrected chi connectivity index (χ0v) is 8.88. The first kappa shape index (κ1) is 13.8. The molecule has 0 saturated carbocycles. The molecule has 0 aliphatic carbocycles. The van der Waals surface area contributed by atoms with Gasteiger partial charge in [0.05, 0.1) is 6.54 Å². The number of aliphatic carboxylic acids is 1. The third-order valence-corrected chi connectivity index (χ3v) is 1.81. The number of alkyl halides is 2. The van der Waals surface area contributed by atoms with Gasteiger partial charge in [0.1, 0.15) is 5.92 Å². The smallest absolute Gasteiger partial charge is 0.316 e. The molecule has 0 bridgehead atoms. The van der Waals surface area contributed by atoms with Crippen LogP contribution in [0.2, 0.25) is 0 Å². The number of carboxylic acid groups (broad SMARTS) is 1. The molecular formula is C9H15F2NO3. The van der Waals surface area contributed by atoms with Crippen LogP contribution in [0.1, 0.15) is 20.8 Å². The number of nitrogens with one attached hydrogen (secondary N) is 1. The van der Waals surface area contributed by atoms with Gasteiger partial charge in [-0.2, -0.15) is 0 Å². The molecule has 15 heavy (non-hydrogen) atoms. The van der Waals surface area contributed by atoms with Gasteiger partial charge in [-0.05, 0) is 5.41 Å². The van der Waals surface area contributed by atoms with Crippen molar-refractivity contribution in [2.75, 3.05) is 6.54 Å². The van der Waals surface area contributed by atoms with Crippen LogP contribution in [0.3, 0.4) is 0 Å². The highest BCUT2D eigenvalue weighted by Gasteiger charge is 2.37. The SMILES string of the molecule is CC(C)(C)C(C(=O)O)C(=O)NCC(F)F. The van der Waals surface area contributed by atoms with E-state index < -0.39 is 36.2 Å². The van der Waals surface area contributed by atoms with Crippen molar-refractivity contribution in [1.29, 1.82) is 0 Å². The molecule has 0 radical (unpaired) electrons. The second kappa shape index (κ2) is 5.04. The van der Waals surface area contributed by atoms with Crippen LogP contribution in [0.5, 0.6) is 0 Å². The topological polar surface area (TPSA) is 66.4 Å². The normalized spacial score (nSPS) is 13.7. The maximum Gasteiger partial charge on any atom is 0.316 e. The van der Waals surface area contributed by atoms with Gasteiger partial charge < -0.3 is 10.4 Å². The summed E-state index contributed by atoms with van der Waals surface area (Å²) in [4.78, 5) is 22.1. The number of carbonyl (C=O) groups excluding carboxylic acids is 1. The van der Waals surface area contributed by atoms with E-state index in [-0.39, 0.29) is 0 Å². The molecule has 0 aliphatic heterocycles. The molecule has 0 heterocycles. The Hall–Kier alpha value is -1.20. The van der Waals surface area contributed by atoms with E-state index in [1.807, 2.05) is 5.32 Å². The van der Waals surface area contributed by atoms with Crippen molar-refractivity contribution < 1.29 is 23.5 Å². The fourth-order valence-corrected chi connectivity index (χ4v) is 1.16. The van der Waals surface area contributed by atoms with E-state index in [1.54, 1.807) is 20.8 Å². The highest BCUT2D eigenvalue weighted by Crippen LogP contribution is 2.26. The van der Waals surface area contributed by atoms with E-state index in [1.165, 1.54) is 0 Å². The van der Waals surface area contributed by atoms with Crippen molar-refractivity contribution in [3.05, 3.63) is 0 Å². The molecule has 1 unspecified atom stereocenters. The van der Waals surface area contributed by atoms with Gasteiger partial charge in [0.2, 0.25) is 5.91 Å². The zero-order chi connectivity index (χ0) is 12.2. The molecule has 0 aromatic rings. The maximum atomic E-state index is 11.8. The van der Waals surface area contributed by atoms with Gasteiger partial charge in [-0.3, -0.25) is 9.59 Å². The second-order valence-corrected chi connectivity index (χ2v) is 4.27. The summed E-state index contributed by atoms with van der Waals surface area (Å²) in [7, 11) is 0. The predicted octanol–water partition coefficient (Wildman–Crippen LogP) is 1.11. The molecule has 6 heteroatoms. The molecule has 1 atom stereocenters.